The lowest BCUT2D eigenvalue weighted by Crippen LogP contribution is -2.16. The minimum atomic E-state index is -4.01. The minimum Gasteiger partial charge on any atom is -0.465 e. The molecule has 3 rings (SSSR count). The number of nitrogens with one attached hydrogen (secondary N) is 1. The molecular formula is C17H16N2O6S. The number of aromatic nitrogens is 1. The molecule has 0 fully saturated rings. The topological polar surface area (TPSA) is 108 Å². The number of oxazole rings is 1. The molecule has 0 amide bonds. The molecule has 8 nitrogen and oxygen atoms in total. The van der Waals surface area contributed by atoms with Crippen LogP contribution in [0.25, 0.3) is 11.1 Å². The van der Waals surface area contributed by atoms with E-state index in [1.807, 2.05) is 0 Å². The van der Waals surface area contributed by atoms with Crippen LogP contribution in [0.5, 0.6) is 0 Å². The van der Waals surface area contributed by atoms with Gasteiger partial charge in [0.05, 0.1) is 28.8 Å². The Morgan fingerprint density at radius 1 is 1.23 bits per heavy atom. The summed E-state index contributed by atoms with van der Waals surface area (Å²) in [6.45, 7) is 2.19. The van der Waals surface area contributed by atoms with Crippen LogP contribution in [-0.4, -0.2) is 26.1 Å². The van der Waals surface area contributed by atoms with Crippen LogP contribution in [-0.2, 0) is 21.3 Å². The minimum absolute atomic E-state index is 0.0864. The van der Waals surface area contributed by atoms with Gasteiger partial charge >= 0.3 is 11.7 Å². The average Bonchev–Trinajstić information content (AvgIpc) is 2.95. The van der Waals surface area contributed by atoms with E-state index >= 15 is 0 Å². The van der Waals surface area contributed by atoms with Gasteiger partial charge in [0, 0.05) is 12.6 Å². The lowest BCUT2D eigenvalue weighted by molar-refractivity contribution is 0.0602. The van der Waals surface area contributed by atoms with Gasteiger partial charge in [0.2, 0.25) is 0 Å². The van der Waals surface area contributed by atoms with Gasteiger partial charge in [-0.1, -0.05) is 12.1 Å². The Balaban J connectivity index is 2.03. The Labute approximate surface area is 149 Å². The second-order valence-corrected chi connectivity index (χ2v) is 7.07. The largest absolute Gasteiger partial charge is 0.465 e. The van der Waals surface area contributed by atoms with Gasteiger partial charge in [0.1, 0.15) is 0 Å². The molecule has 2 aromatic carbocycles. The van der Waals surface area contributed by atoms with Gasteiger partial charge in [-0.3, -0.25) is 9.29 Å². The van der Waals surface area contributed by atoms with Crippen molar-refractivity contribution >= 4 is 32.8 Å². The van der Waals surface area contributed by atoms with E-state index < -0.39 is 21.7 Å². The summed E-state index contributed by atoms with van der Waals surface area (Å²) in [6, 6.07) is 10.2. The van der Waals surface area contributed by atoms with Gasteiger partial charge in [-0.25, -0.2) is 18.0 Å². The molecule has 0 atom stereocenters. The zero-order valence-corrected chi connectivity index (χ0v) is 14.9. The Morgan fingerprint density at radius 3 is 2.65 bits per heavy atom. The summed E-state index contributed by atoms with van der Waals surface area (Å²) in [5, 5.41) is 0. The monoisotopic (exact) mass is 376 g/mol. The van der Waals surface area contributed by atoms with Gasteiger partial charge in [0.25, 0.3) is 10.0 Å². The SMILES string of the molecule is CCn1c(=O)oc2cc(S(=O)(=O)Nc3ccccc3C(=O)OC)ccc21. The summed E-state index contributed by atoms with van der Waals surface area (Å²) < 4.78 is 38.9. The highest BCUT2D eigenvalue weighted by Crippen LogP contribution is 2.23. The Kier molecular flexibility index (Phi) is 4.56. The molecule has 136 valence electrons. The standard InChI is InChI=1S/C17H16N2O6S/c1-3-19-14-9-8-11(10-15(14)25-17(19)21)26(22,23)18-13-7-5-4-6-12(13)16(20)24-2/h4-10,18H,3H2,1-2H3. The number of sulfonamides is 1. The van der Waals surface area contributed by atoms with Crippen molar-refractivity contribution in [2.75, 3.05) is 11.8 Å². The van der Waals surface area contributed by atoms with Crippen LogP contribution in [0.15, 0.2) is 56.6 Å². The maximum atomic E-state index is 12.7. The number of ether oxygens (including phenoxy) is 1. The molecule has 1 aromatic heterocycles. The summed E-state index contributed by atoms with van der Waals surface area (Å²) in [4.78, 5) is 23.5. The van der Waals surface area contributed by atoms with Crippen molar-refractivity contribution in [3.8, 4) is 0 Å². The molecular weight excluding hydrogens is 360 g/mol. The lowest BCUT2D eigenvalue weighted by atomic mass is 10.2. The van der Waals surface area contributed by atoms with E-state index in [9.17, 15) is 18.0 Å². The van der Waals surface area contributed by atoms with Crippen molar-refractivity contribution in [1.29, 1.82) is 0 Å². The average molecular weight is 376 g/mol. The Bertz CT molecular complexity index is 1140. The van der Waals surface area contributed by atoms with Crippen molar-refractivity contribution in [2.24, 2.45) is 0 Å². The molecule has 1 heterocycles. The van der Waals surface area contributed by atoms with Crippen molar-refractivity contribution < 1.29 is 22.4 Å². The van der Waals surface area contributed by atoms with Crippen LogP contribution >= 0.6 is 0 Å². The molecule has 26 heavy (non-hydrogen) atoms. The van der Waals surface area contributed by atoms with E-state index in [1.54, 1.807) is 19.1 Å². The van der Waals surface area contributed by atoms with Gasteiger partial charge < -0.3 is 9.15 Å². The number of esters is 1. The number of rotatable bonds is 5. The lowest BCUT2D eigenvalue weighted by Gasteiger charge is -2.11. The van der Waals surface area contributed by atoms with Crippen LogP contribution in [0, 0.1) is 0 Å². The number of aryl methyl sites for hydroxylation is 1. The number of benzene rings is 2. The van der Waals surface area contributed by atoms with Gasteiger partial charge in [-0.2, -0.15) is 0 Å². The summed E-state index contributed by atoms with van der Waals surface area (Å²) in [7, 11) is -2.80. The number of nitrogens with zero attached hydrogens (tertiary/aromatic N) is 1. The fourth-order valence-corrected chi connectivity index (χ4v) is 3.67. The van der Waals surface area contributed by atoms with E-state index in [2.05, 4.69) is 9.46 Å². The first-order valence-corrected chi connectivity index (χ1v) is 9.19. The molecule has 0 aliphatic carbocycles. The van der Waals surface area contributed by atoms with Crippen molar-refractivity contribution in [3.63, 3.8) is 0 Å². The molecule has 0 saturated carbocycles. The highest BCUT2D eigenvalue weighted by molar-refractivity contribution is 7.92. The van der Waals surface area contributed by atoms with E-state index in [1.165, 1.54) is 42.0 Å². The molecule has 0 saturated heterocycles. The maximum Gasteiger partial charge on any atom is 0.419 e. The second-order valence-electron chi connectivity index (χ2n) is 5.38. The summed E-state index contributed by atoms with van der Waals surface area (Å²) in [5.74, 6) is -1.22. The van der Waals surface area contributed by atoms with E-state index in [-0.39, 0.29) is 21.7 Å². The first-order valence-electron chi connectivity index (χ1n) is 7.71. The fraction of sp³-hybridized carbons (Fsp3) is 0.176. The van der Waals surface area contributed by atoms with Gasteiger partial charge in [0.15, 0.2) is 5.58 Å². The first-order chi connectivity index (χ1) is 12.4. The van der Waals surface area contributed by atoms with Crippen LogP contribution in [0.4, 0.5) is 5.69 Å². The number of carbonyl (C=O) groups excluding carboxylic acids is 1. The molecule has 9 heteroatoms. The predicted octanol–water partition coefficient (Wildman–Crippen LogP) is 2.20. The number of anilines is 1. The third-order valence-corrected chi connectivity index (χ3v) is 5.21. The number of para-hydroxylation sites is 1. The third-order valence-electron chi connectivity index (χ3n) is 3.84. The maximum absolute atomic E-state index is 12.7. The van der Waals surface area contributed by atoms with Crippen LogP contribution < -0.4 is 10.5 Å². The highest BCUT2D eigenvalue weighted by atomic mass is 32.2. The molecule has 0 bridgehead atoms. The molecule has 0 spiro atoms. The van der Waals surface area contributed by atoms with Crippen LogP contribution in [0.2, 0.25) is 0 Å². The van der Waals surface area contributed by atoms with Crippen LogP contribution in [0.3, 0.4) is 0 Å². The number of fused-ring (bicyclic) bond motifs is 1. The van der Waals surface area contributed by atoms with Crippen molar-refractivity contribution in [1.82, 2.24) is 4.57 Å². The van der Waals surface area contributed by atoms with Crippen molar-refractivity contribution in [3.05, 3.63) is 58.6 Å². The molecule has 3 aromatic rings. The van der Waals surface area contributed by atoms with E-state index in [0.717, 1.165) is 0 Å². The Hall–Kier alpha value is -3.07. The highest BCUT2D eigenvalue weighted by Gasteiger charge is 2.20. The zero-order chi connectivity index (χ0) is 18.9. The summed E-state index contributed by atoms with van der Waals surface area (Å²) in [6.07, 6.45) is 0. The number of hydrogen-bond donors (Lipinski definition) is 1. The number of methoxy groups -OCH3 is 1. The Morgan fingerprint density at radius 2 is 1.96 bits per heavy atom. The summed E-state index contributed by atoms with van der Waals surface area (Å²) in [5.41, 5.74) is 0.850. The van der Waals surface area contributed by atoms with Gasteiger partial charge in [-0.15, -0.1) is 0 Å². The normalized spacial score (nSPS) is 11.5. The number of hydrogen-bond acceptors (Lipinski definition) is 6. The first kappa shape index (κ1) is 17.7. The quantitative estimate of drug-likeness (QED) is 0.684. The predicted molar refractivity (Wildman–Crippen MR) is 94.7 cm³/mol. The summed E-state index contributed by atoms with van der Waals surface area (Å²) >= 11 is 0. The molecule has 0 aliphatic heterocycles. The fourth-order valence-electron chi connectivity index (χ4n) is 2.58. The van der Waals surface area contributed by atoms with Crippen molar-refractivity contribution in [2.45, 2.75) is 18.4 Å². The molecule has 0 aliphatic rings. The number of carbonyl (C=O) groups is 1. The second kappa shape index (κ2) is 6.68. The van der Waals surface area contributed by atoms with Crippen LogP contribution in [0.1, 0.15) is 17.3 Å². The van der Waals surface area contributed by atoms with E-state index in [0.29, 0.717) is 12.1 Å². The molecule has 0 unspecified atom stereocenters. The molecule has 0 radical (unpaired) electrons. The zero-order valence-electron chi connectivity index (χ0n) is 14.1. The van der Waals surface area contributed by atoms with Gasteiger partial charge in [-0.05, 0) is 31.2 Å². The molecule has 1 N–H and O–H groups in total. The smallest absolute Gasteiger partial charge is 0.419 e. The third kappa shape index (κ3) is 3.08. The van der Waals surface area contributed by atoms with E-state index in [4.69, 9.17) is 4.42 Å².